The quantitative estimate of drug-likeness (QED) is 0.906. The van der Waals surface area contributed by atoms with Crippen LogP contribution < -0.4 is 5.73 Å². The Labute approximate surface area is 119 Å². The lowest BCUT2D eigenvalue weighted by Gasteiger charge is -2.20. The van der Waals surface area contributed by atoms with E-state index >= 15 is 0 Å². The zero-order valence-electron chi connectivity index (χ0n) is 11.7. The molecular weight excluding hydrogens is 274 g/mol. The van der Waals surface area contributed by atoms with Crippen LogP contribution in [0.15, 0.2) is 35.4 Å². The number of nitrogens with zero attached hydrogens (tertiary/aromatic N) is 2. The van der Waals surface area contributed by atoms with Gasteiger partial charge in [0.25, 0.3) is 0 Å². The molecule has 0 aliphatic heterocycles. The third-order valence-corrected chi connectivity index (χ3v) is 5.31. The topological polar surface area (TPSA) is 76.3 Å². The Morgan fingerprint density at radius 1 is 1.30 bits per heavy atom. The van der Waals surface area contributed by atoms with Crippen LogP contribution in [-0.2, 0) is 10.0 Å². The van der Waals surface area contributed by atoms with E-state index < -0.39 is 10.0 Å². The number of hydrogen-bond acceptors (Lipinski definition) is 4. The molecule has 2 rings (SSSR count). The molecule has 5 nitrogen and oxygen atoms in total. The number of hydrogen-bond donors (Lipinski definition) is 1. The van der Waals surface area contributed by atoms with Crippen LogP contribution in [0.1, 0.15) is 12.5 Å². The summed E-state index contributed by atoms with van der Waals surface area (Å²) in [7, 11) is -3.54. The first-order valence-corrected chi connectivity index (χ1v) is 8.01. The molecule has 0 saturated carbocycles. The number of fused-ring (bicyclic) bond motifs is 1. The van der Waals surface area contributed by atoms with Gasteiger partial charge < -0.3 is 5.73 Å². The largest absolute Gasteiger partial charge is 0.329 e. The molecule has 0 atom stereocenters. The number of nitrogens with two attached hydrogens (primary N) is 1. The van der Waals surface area contributed by atoms with Crippen LogP contribution in [0.5, 0.6) is 0 Å². The summed E-state index contributed by atoms with van der Waals surface area (Å²) in [6, 6.07) is 6.98. The lowest BCUT2D eigenvalue weighted by atomic mass is 10.1. The molecule has 0 aliphatic carbocycles. The summed E-state index contributed by atoms with van der Waals surface area (Å²) in [6.07, 6.45) is 1.67. The minimum Gasteiger partial charge on any atom is -0.329 e. The average Bonchev–Trinajstić information content (AvgIpc) is 2.45. The number of likely N-dealkylation sites (N-methyl/N-ethyl adjacent to an activating group) is 1. The standard InChI is InChI=1S/C14H19N3O2S/c1-3-17(10-8-15)20(18,19)13-7-6-11(2)14-12(13)5-4-9-16-14/h4-7,9H,3,8,10,15H2,1-2H3. The Morgan fingerprint density at radius 2 is 2.05 bits per heavy atom. The summed E-state index contributed by atoms with van der Waals surface area (Å²) >= 11 is 0. The Bertz CT molecular complexity index is 713. The number of pyridine rings is 1. The fraction of sp³-hybridized carbons (Fsp3) is 0.357. The van der Waals surface area contributed by atoms with Gasteiger partial charge in [-0.3, -0.25) is 4.98 Å². The van der Waals surface area contributed by atoms with Crippen LogP contribution in [0.3, 0.4) is 0 Å². The summed E-state index contributed by atoms with van der Waals surface area (Å²) in [4.78, 5) is 4.57. The molecule has 0 unspecified atom stereocenters. The fourth-order valence-electron chi connectivity index (χ4n) is 2.24. The van der Waals surface area contributed by atoms with Crippen LogP contribution in [0.4, 0.5) is 0 Å². The van der Waals surface area contributed by atoms with Crippen LogP contribution in [0.2, 0.25) is 0 Å². The van der Waals surface area contributed by atoms with E-state index in [1.165, 1.54) is 4.31 Å². The third kappa shape index (κ3) is 2.54. The SMILES string of the molecule is CCN(CCN)S(=O)(=O)c1ccc(C)c2ncccc12. The minimum absolute atomic E-state index is 0.293. The number of sulfonamides is 1. The molecular formula is C14H19N3O2S. The van der Waals surface area contributed by atoms with E-state index in [0.29, 0.717) is 29.9 Å². The van der Waals surface area contributed by atoms with Crippen LogP contribution in [-0.4, -0.2) is 37.3 Å². The normalized spacial score (nSPS) is 12.2. The second kappa shape index (κ2) is 5.87. The molecule has 0 spiro atoms. The van der Waals surface area contributed by atoms with Gasteiger partial charge in [-0.2, -0.15) is 4.31 Å². The van der Waals surface area contributed by atoms with Gasteiger partial charge in [-0.05, 0) is 30.7 Å². The summed E-state index contributed by atoms with van der Waals surface area (Å²) in [5, 5.41) is 0.656. The van der Waals surface area contributed by atoms with Crippen LogP contribution in [0.25, 0.3) is 10.9 Å². The summed E-state index contributed by atoms with van der Waals surface area (Å²) < 4.78 is 26.8. The van der Waals surface area contributed by atoms with Crippen molar-refractivity contribution in [3.63, 3.8) is 0 Å². The van der Waals surface area contributed by atoms with Gasteiger partial charge in [0, 0.05) is 31.2 Å². The van der Waals surface area contributed by atoms with Crippen LogP contribution >= 0.6 is 0 Å². The van der Waals surface area contributed by atoms with Gasteiger partial charge in [-0.1, -0.05) is 13.0 Å². The molecule has 1 aromatic carbocycles. The van der Waals surface area contributed by atoms with Crippen LogP contribution in [0, 0.1) is 6.92 Å². The van der Waals surface area contributed by atoms with Gasteiger partial charge in [0.1, 0.15) is 0 Å². The van der Waals surface area contributed by atoms with Gasteiger partial charge in [-0.25, -0.2) is 8.42 Å². The van der Waals surface area contributed by atoms with Gasteiger partial charge in [-0.15, -0.1) is 0 Å². The number of rotatable bonds is 5. The van der Waals surface area contributed by atoms with Crippen molar-refractivity contribution in [1.29, 1.82) is 0 Å². The van der Waals surface area contributed by atoms with E-state index in [-0.39, 0.29) is 0 Å². The Morgan fingerprint density at radius 3 is 2.70 bits per heavy atom. The second-order valence-electron chi connectivity index (χ2n) is 4.57. The van der Waals surface area contributed by atoms with Gasteiger partial charge in [0.15, 0.2) is 0 Å². The molecule has 1 aromatic heterocycles. The minimum atomic E-state index is -3.54. The molecule has 0 radical (unpaired) electrons. The molecule has 0 saturated heterocycles. The Kier molecular flexibility index (Phi) is 4.37. The molecule has 0 fully saturated rings. The predicted octanol–water partition coefficient (Wildman–Crippen LogP) is 1.51. The van der Waals surface area contributed by atoms with Crippen molar-refractivity contribution in [1.82, 2.24) is 9.29 Å². The summed E-state index contributed by atoms with van der Waals surface area (Å²) in [5.74, 6) is 0. The third-order valence-electron chi connectivity index (χ3n) is 3.28. The maximum absolute atomic E-state index is 12.7. The van der Waals surface area contributed by atoms with Crippen molar-refractivity contribution in [2.75, 3.05) is 19.6 Å². The van der Waals surface area contributed by atoms with Gasteiger partial charge in [0.2, 0.25) is 10.0 Å². The Hall–Kier alpha value is -1.50. The lowest BCUT2D eigenvalue weighted by molar-refractivity contribution is 0.436. The van der Waals surface area contributed by atoms with E-state index in [0.717, 1.165) is 11.1 Å². The summed E-state index contributed by atoms with van der Waals surface area (Å²) in [5.41, 5.74) is 7.18. The van der Waals surface area contributed by atoms with Gasteiger partial charge >= 0.3 is 0 Å². The Balaban J connectivity index is 2.66. The first-order chi connectivity index (χ1) is 9.52. The molecule has 0 bridgehead atoms. The lowest BCUT2D eigenvalue weighted by Crippen LogP contribution is -2.35. The molecule has 2 aromatic rings. The maximum Gasteiger partial charge on any atom is 0.243 e. The molecule has 20 heavy (non-hydrogen) atoms. The highest BCUT2D eigenvalue weighted by atomic mass is 32.2. The molecule has 6 heteroatoms. The highest BCUT2D eigenvalue weighted by molar-refractivity contribution is 7.89. The van der Waals surface area contributed by atoms with Crippen molar-refractivity contribution >= 4 is 20.9 Å². The maximum atomic E-state index is 12.7. The van der Waals surface area contributed by atoms with E-state index in [1.807, 2.05) is 13.8 Å². The second-order valence-corrected chi connectivity index (χ2v) is 6.47. The molecule has 2 N–H and O–H groups in total. The van der Waals surface area contributed by atoms with E-state index in [9.17, 15) is 8.42 Å². The van der Waals surface area contributed by atoms with Crippen molar-refractivity contribution in [3.8, 4) is 0 Å². The number of benzene rings is 1. The zero-order chi connectivity index (χ0) is 14.8. The highest BCUT2D eigenvalue weighted by Gasteiger charge is 2.24. The first-order valence-electron chi connectivity index (χ1n) is 6.57. The molecule has 0 amide bonds. The zero-order valence-corrected chi connectivity index (χ0v) is 12.5. The van der Waals surface area contributed by atoms with Crippen molar-refractivity contribution in [2.24, 2.45) is 5.73 Å². The van der Waals surface area contributed by atoms with Crippen molar-refractivity contribution in [2.45, 2.75) is 18.7 Å². The highest BCUT2D eigenvalue weighted by Crippen LogP contribution is 2.26. The van der Waals surface area contributed by atoms with E-state index in [4.69, 9.17) is 5.73 Å². The predicted molar refractivity (Wildman–Crippen MR) is 80.0 cm³/mol. The molecule has 0 aliphatic rings. The molecule has 1 heterocycles. The number of aromatic nitrogens is 1. The fourth-order valence-corrected chi connectivity index (χ4v) is 3.89. The van der Waals surface area contributed by atoms with E-state index in [2.05, 4.69) is 4.98 Å². The van der Waals surface area contributed by atoms with Crippen molar-refractivity contribution in [3.05, 3.63) is 36.0 Å². The first kappa shape index (κ1) is 14.9. The molecule has 108 valence electrons. The monoisotopic (exact) mass is 293 g/mol. The summed E-state index contributed by atoms with van der Waals surface area (Å²) in [6.45, 7) is 4.74. The smallest absolute Gasteiger partial charge is 0.243 e. The number of aryl methyl sites for hydroxylation is 1. The van der Waals surface area contributed by atoms with E-state index in [1.54, 1.807) is 30.5 Å². The van der Waals surface area contributed by atoms with Gasteiger partial charge in [0.05, 0.1) is 10.4 Å². The average molecular weight is 293 g/mol. The van der Waals surface area contributed by atoms with Crippen molar-refractivity contribution < 1.29 is 8.42 Å².